The third-order valence-electron chi connectivity index (χ3n) is 0. The number of halogens is 2. The van der Waals surface area contributed by atoms with Crippen LogP contribution in [0.3, 0.4) is 0 Å². The van der Waals surface area contributed by atoms with E-state index in [1.165, 1.54) is 0 Å². The molecule has 0 aliphatic carbocycles. The normalized spacial score (nSPS) is 3.60. The SMILES string of the molecule is ClOCl.[K].[Re]. The fourth-order valence-electron chi connectivity index (χ4n) is 0. The average Bonchev–Trinajstić information content (AvgIpc) is 0.918. The zero-order valence-corrected chi connectivity index (χ0v) is 9.89. The van der Waals surface area contributed by atoms with Crippen molar-refractivity contribution in [3.05, 3.63) is 0 Å². The van der Waals surface area contributed by atoms with Gasteiger partial charge in [0, 0.05) is 71.8 Å². The monoisotopic (exact) mass is 312 g/mol. The van der Waals surface area contributed by atoms with E-state index in [0.717, 1.165) is 0 Å². The summed E-state index contributed by atoms with van der Waals surface area (Å²) in [5.74, 6) is 0. The third-order valence-corrected chi connectivity index (χ3v) is 0. The first-order valence-electron chi connectivity index (χ1n) is 0.309. The first-order valence-corrected chi connectivity index (χ1v) is 0.926. The molecule has 0 spiro atoms. The van der Waals surface area contributed by atoms with Gasteiger partial charge in [-0.25, -0.2) is 0 Å². The Kier molecular flexibility index (Phi) is 49.5. The molecule has 0 aromatic carbocycles. The van der Waals surface area contributed by atoms with Crippen LogP contribution in [0.15, 0.2) is 0 Å². The largest absolute Gasteiger partial charge is 0.166 e. The van der Waals surface area contributed by atoms with Crippen molar-refractivity contribution in [2.24, 2.45) is 0 Å². The second-order valence-corrected chi connectivity index (χ2v) is 0.525. The summed E-state index contributed by atoms with van der Waals surface area (Å²) < 4.78 is 3.19. The van der Waals surface area contributed by atoms with E-state index >= 15 is 0 Å². The van der Waals surface area contributed by atoms with Gasteiger partial charge in [-0.3, -0.25) is 0 Å². The maximum Gasteiger partial charge on any atom is 0.0832 e. The smallest absolute Gasteiger partial charge is 0.0832 e. The van der Waals surface area contributed by atoms with Crippen LogP contribution in [0.1, 0.15) is 0 Å². The molecule has 2 radical (unpaired) electrons. The molecule has 0 atom stereocenters. The van der Waals surface area contributed by atoms with E-state index in [1.807, 2.05) is 0 Å². The van der Waals surface area contributed by atoms with Crippen molar-refractivity contribution in [1.29, 1.82) is 0 Å². The zero-order valence-electron chi connectivity index (χ0n) is 2.54. The van der Waals surface area contributed by atoms with Crippen LogP contribution in [0.2, 0.25) is 0 Å². The van der Waals surface area contributed by atoms with Gasteiger partial charge in [-0.15, -0.1) is 0 Å². The van der Waals surface area contributed by atoms with E-state index in [2.05, 4.69) is 27.6 Å². The summed E-state index contributed by atoms with van der Waals surface area (Å²) >= 11 is 8.53. The molecule has 0 saturated heterocycles. The Morgan fingerprint density at radius 1 is 1.20 bits per heavy atom. The molecule has 0 amide bonds. The molecule has 5 heavy (non-hydrogen) atoms. The van der Waals surface area contributed by atoms with Gasteiger partial charge in [0.2, 0.25) is 0 Å². The summed E-state index contributed by atoms with van der Waals surface area (Å²) in [4.78, 5) is 0. The molecule has 0 saturated carbocycles. The predicted octanol–water partition coefficient (Wildman–Crippen LogP) is 0.927. The van der Waals surface area contributed by atoms with Crippen LogP contribution in [-0.4, -0.2) is 51.4 Å². The summed E-state index contributed by atoms with van der Waals surface area (Å²) in [7, 11) is 0. The molecule has 0 aliphatic heterocycles. The van der Waals surface area contributed by atoms with Gasteiger partial charge in [0.05, 0.1) is 23.7 Å². The van der Waals surface area contributed by atoms with Crippen LogP contribution in [-0.2, 0) is 24.3 Å². The zero-order chi connectivity index (χ0) is 2.71. The van der Waals surface area contributed by atoms with Crippen molar-refractivity contribution in [2.75, 3.05) is 0 Å². The van der Waals surface area contributed by atoms with Gasteiger partial charge in [0.15, 0.2) is 0 Å². The molecule has 0 N–H and O–H groups in total. The van der Waals surface area contributed by atoms with Crippen LogP contribution in [0.25, 0.3) is 0 Å². The predicted molar refractivity (Wildman–Crippen MR) is 18.5 cm³/mol. The summed E-state index contributed by atoms with van der Waals surface area (Å²) in [6, 6.07) is 0. The number of hydrogen-bond acceptors (Lipinski definition) is 1. The fourth-order valence-corrected chi connectivity index (χ4v) is 0. The molecule has 0 aromatic heterocycles. The van der Waals surface area contributed by atoms with Gasteiger partial charge in [-0.05, 0) is 0 Å². The van der Waals surface area contributed by atoms with Crippen LogP contribution >= 0.6 is 23.7 Å². The van der Waals surface area contributed by atoms with E-state index in [1.54, 1.807) is 0 Å². The van der Waals surface area contributed by atoms with E-state index < -0.39 is 0 Å². The van der Waals surface area contributed by atoms with Crippen LogP contribution in [0.5, 0.6) is 0 Å². The molecule has 0 bridgehead atoms. The van der Waals surface area contributed by atoms with E-state index in [9.17, 15) is 0 Å². The van der Waals surface area contributed by atoms with Crippen molar-refractivity contribution in [3.63, 3.8) is 0 Å². The van der Waals surface area contributed by atoms with Crippen molar-refractivity contribution in [1.82, 2.24) is 0 Å². The van der Waals surface area contributed by atoms with Gasteiger partial charge in [-0.2, -0.15) is 3.84 Å². The van der Waals surface area contributed by atoms with E-state index in [0.29, 0.717) is 0 Å². The number of hydrogen-bond donors (Lipinski definition) is 0. The van der Waals surface area contributed by atoms with Gasteiger partial charge >= 0.3 is 0 Å². The maximum atomic E-state index is 4.26. The Morgan fingerprint density at radius 2 is 1.20 bits per heavy atom. The average molecular weight is 312 g/mol. The molecule has 1 nitrogen and oxygen atoms in total. The summed E-state index contributed by atoms with van der Waals surface area (Å²) in [5.41, 5.74) is 0. The van der Waals surface area contributed by atoms with Crippen LogP contribution in [0.4, 0.5) is 0 Å². The molecule has 0 aliphatic rings. The van der Waals surface area contributed by atoms with Crippen LogP contribution < -0.4 is 0 Å². The summed E-state index contributed by atoms with van der Waals surface area (Å²) in [5, 5.41) is 0. The summed E-state index contributed by atoms with van der Waals surface area (Å²) in [6.07, 6.45) is 0. The molecule has 0 unspecified atom stereocenters. The van der Waals surface area contributed by atoms with E-state index in [4.69, 9.17) is 0 Å². The number of rotatable bonds is 0. The molecular weight excluding hydrogens is 312 g/mol. The topological polar surface area (TPSA) is 9.23 Å². The van der Waals surface area contributed by atoms with Gasteiger partial charge in [-0.1, -0.05) is 0 Å². The fraction of sp³-hybridized carbons (Fsp3) is 0. The minimum Gasteiger partial charge on any atom is -0.166 e. The molecule has 0 heterocycles. The van der Waals surface area contributed by atoms with Crippen molar-refractivity contribution < 1.29 is 24.3 Å². The van der Waals surface area contributed by atoms with Crippen molar-refractivity contribution in [3.8, 4) is 0 Å². The molecular formula is Cl2KORe. The molecule has 0 fully saturated rings. The minimum absolute atomic E-state index is 0. The molecule has 28 valence electrons. The molecule has 0 aromatic rings. The maximum absolute atomic E-state index is 4.26. The second-order valence-electron chi connectivity index (χ2n) is 0.0583. The van der Waals surface area contributed by atoms with Crippen molar-refractivity contribution in [2.45, 2.75) is 0 Å². The Hall–Kier alpha value is 2.84. The first-order chi connectivity index (χ1) is 1.41. The molecule has 5 heteroatoms. The standard InChI is InChI=1S/Cl2O.K.Re/c1-3-2;;. The molecule has 0 rings (SSSR count). The van der Waals surface area contributed by atoms with Gasteiger partial charge < -0.3 is 0 Å². The Bertz CT molecular complexity index is 9.61. The quantitative estimate of drug-likeness (QED) is 0.605. The summed E-state index contributed by atoms with van der Waals surface area (Å²) in [6.45, 7) is 0. The Balaban J connectivity index is -0.0000000200. The van der Waals surface area contributed by atoms with E-state index in [-0.39, 0.29) is 71.8 Å². The van der Waals surface area contributed by atoms with Gasteiger partial charge in [0.1, 0.15) is 0 Å². The second kappa shape index (κ2) is 15.8. The minimum atomic E-state index is 0. The van der Waals surface area contributed by atoms with Gasteiger partial charge in [0.25, 0.3) is 0 Å². The third kappa shape index (κ3) is 19.9. The van der Waals surface area contributed by atoms with Crippen molar-refractivity contribution >= 4 is 75.1 Å². The van der Waals surface area contributed by atoms with Crippen LogP contribution in [0, 0.1) is 0 Å². The Labute approximate surface area is 97.1 Å². The first kappa shape index (κ1) is 15.7. The Morgan fingerprint density at radius 3 is 1.20 bits per heavy atom.